The number of alkyl halides is 1. The number of aliphatic carboxylic acids is 1. The zero-order valence-electron chi connectivity index (χ0n) is 6.48. The molecule has 1 aliphatic rings. The molecule has 0 atom stereocenters. The number of hydrogen-bond donors (Lipinski definition) is 1. The van der Waals surface area contributed by atoms with Gasteiger partial charge in [0.1, 0.15) is 0 Å². The first-order valence-electron chi connectivity index (χ1n) is 4.01. The zero-order valence-corrected chi connectivity index (χ0v) is 7.23. The molecule has 0 saturated heterocycles. The third-order valence-corrected chi connectivity index (χ3v) is 3.03. The van der Waals surface area contributed by atoms with E-state index in [1.165, 1.54) is 0 Å². The van der Waals surface area contributed by atoms with Crippen molar-refractivity contribution in [2.75, 3.05) is 5.88 Å². The van der Waals surface area contributed by atoms with Crippen molar-refractivity contribution in [2.24, 2.45) is 5.41 Å². The molecule has 0 unspecified atom stereocenters. The molecule has 0 amide bonds. The zero-order chi connectivity index (χ0) is 8.32. The van der Waals surface area contributed by atoms with E-state index in [0.29, 0.717) is 0 Å². The van der Waals surface area contributed by atoms with Gasteiger partial charge < -0.3 is 5.11 Å². The molecule has 0 aliphatic heterocycles. The van der Waals surface area contributed by atoms with Crippen LogP contribution in [0.3, 0.4) is 0 Å². The van der Waals surface area contributed by atoms with Crippen LogP contribution >= 0.6 is 11.6 Å². The van der Waals surface area contributed by atoms with Gasteiger partial charge in [0.2, 0.25) is 0 Å². The quantitative estimate of drug-likeness (QED) is 0.656. The molecule has 11 heavy (non-hydrogen) atoms. The number of carbonyl (C=O) groups is 1. The van der Waals surface area contributed by atoms with Crippen molar-refractivity contribution in [2.45, 2.75) is 32.1 Å². The standard InChI is InChI=1S/C8H13ClO2/c9-6-8(7(10)11)4-2-1-3-5-8/h1-6H2,(H,10,11). The van der Waals surface area contributed by atoms with Gasteiger partial charge in [0, 0.05) is 5.88 Å². The number of carboxylic acid groups (broad SMARTS) is 1. The first kappa shape index (κ1) is 8.85. The molecule has 0 radical (unpaired) electrons. The molecule has 0 heterocycles. The van der Waals surface area contributed by atoms with Gasteiger partial charge in [-0.15, -0.1) is 11.6 Å². The lowest BCUT2D eigenvalue weighted by Gasteiger charge is -2.30. The summed E-state index contributed by atoms with van der Waals surface area (Å²) in [5.74, 6) is -0.449. The van der Waals surface area contributed by atoms with E-state index in [1.807, 2.05) is 0 Å². The molecule has 64 valence electrons. The molecule has 1 saturated carbocycles. The second-order valence-electron chi connectivity index (χ2n) is 3.28. The third-order valence-electron chi connectivity index (χ3n) is 2.52. The topological polar surface area (TPSA) is 37.3 Å². The van der Waals surface area contributed by atoms with Crippen molar-refractivity contribution in [1.82, 2.24) is 0 Å². The molecule has 3 heteroatoms. The number of rotatable bonds is 2. The highest BCUT2D eigenvalue weighted by Gasteiger charge is 2.38. The Morgan fingerprint density at radius 3 is 2.18 bits per heavy atom. The summed E-state index contributed by atoms with van der Waals surface area (Å²) in [6.45, 7) is 0. The van der Waals surface area contributed by atoms with Gasteiger partial charge in [0.25, 0.3) is 0 Å². The predicted molar refractivity (Wildman–Crippen MR) is 43.9 cm³/mol. The molecule has 1 aliphatic carbocycles. The summed E-state index contributed by atoms with van der Waals surface area (Å²) < 4.78 is 0. The van der Waals surface area contributed by atoms with Crippen molar-refractivity contribution >= 4 is 17.6 Å². The highest BCUT2D eigenvalue weighted by atomic mass is 35.5. The van der Waals surface area contributed by atoms with Gasteiger partial charge in [-0.2, -0.15) is 0 Å². The van der Waals surface area contributed by atoms with Crippen molar-refractivity contribution < 1.29 is 9.90 Å². The van der Waals surface area contributed by atoms with Crippen LogP contribution in [0.5, 0.6) is 0 Å². The van der Waals surface area contributed by atoms with Gasteiger partial charge in [0.15, 0.2) is 0 Å². The summed E-state index contributed by atoms with van der Waals surface area (Å²) in [5.41, 5.74) is -0.597. The van der Waals surface area contributed by atoms with E-state index in [0.717, 1.165) is 32.1 Å². The molecule has 1 N–H and O–H groups in total. The molecule has 0 aromatic heterocycles. The average molecular weight is 177 g/mol. The van der Waals surface area contributed by atoms with Gasteiger partial charge in [-0.3, -0.25) is 4.79 Å². The highest BCUT2D eigenvalue weighted by Crippen LogP contribution is 2.37. The average Bonchev–Trinajstić information content (AvgIpc) is 2.05. The fourth-order valence-electron chi connectivity index (χ4n) is 1.63. The smallest absolute Gasteiger partial charge is 0.310 e. The van der Waals surface area contributed by atoms with Crippen molar-refractivity contribution in [3.05, 3.63) is 0 Å². The van der Waals surface area contributed by atoms with E-state index < -0.39 is 11.4 Å². The van der Waals surface area contributed by atoms with Gasteiger partial charge in [-0.05, 0) is 12.8 Å². The summed E-state index contributed by atoms with van der Waals surface area (Å²) in [6.07, 6.45) is 4.70. The summed E-state index contributed by atoms with van der Waals surface area (Å²) in [7, 11) is 0. The minimum atomic E-state index is -0.716. The van der Waals surface area contributed by atoms with Crippen LogP contribution < -0.4 is 0 Å². The van der Waals surface area contributed by atoms with Crippen LogP contribution in [0, 0.1) is 5.41 Å². The molecule has 0 aromatic rings. The lowest BCUT2D eigenvalue weighted by atomic mass is 9.76. The summed E-state index contributed by atoms with van der Waals surface area (Å²) in [6, 6.07) is 0. The fraction of sp³-hybridized carbons (Fsp3) is 0.875. The Morgan fingerprint density at radius 2 is 1.91 bits per heavy atom. The largest absolute Gasteiger partial charge is 0.481 e. The van der Waals surface area contributed by atoms with Crippen LogP contribution in [-0.4, -0.2) is 17.0 Å². The molecule has 2 nitrogen and oxygen atoms in total. The van der Waals surface area contributed by atoms with Crippen LogP contribution in [-0.2, 0) is 4.79 Å². The maximum absolute atomic E-state index is 10.8. The van der Waals surface area contributed by atoms with Gasteiger partial charge in [0.05, 0.1) is 5.41 Å². The summed E-state index contributed by atoms with van der Waals surface area (Å²) in [4.78, 5) is 10.8. The van der Waals surface area contributed by atoms with E-state index in [-0.39, 0.29) is 5.88 Å². The highest BCUT2D eigenvalue weighted by molar-refractivity contribution is 6.19. The van der Waals surface area contributed by atoms with Crippen LogP contribution in [0.15, 0.2) is 0 Å². The van der Waals surface area contributed by atoms with E-state index in [2.05, 4.69) is 0 Å². The third kappa shape index (κ3) is 1.67. The predicted octanol–water partition coefficient (Wildman–Crippen LogP) is 2.26. The molecular weight excluding hydrogens is 164 g/mol. The van der Waals surface area contributed by atoms with E-state index >= 15 is 0 Å². The second kappa shape index (κ2) is 3.44. The monoisotopic (exact) mass is 176 g/mol. The van der Waals surface area contributed by atoms with E-state index in [4.69, 9.17) is 16.7 Å². The second-order valence-corrected chi connectivity index (χ2v) is 3.55. The minimum absolute atomic E-state index is 0.266. The van der Waals surface area contributed by atoms with Crippen molar-refractivity contribution in [3.8, 4) is 0 Å². The van der Waals surface area contributed by atoms with E-state index in [1.54, 1.807) is 0 Å². The first-order valence-corrected chi connectivity index (χ1v) is 4.54. The van der Waals surface area contributed by atoms with Crippen LogP contribution in [0.2, 0.25) is 0 Å². The Labute approximate surface area is 71.5 Å². The Hall–Kier alpha value is -0.240. The molecule has 1 fully saturated rings. The van der Waals surface area contributed by atoms with Crippen molar-refractivity contribution in [3.63, 3.8) is 0 Å². The van der Waals surface area contributed by atoms with Gasteiger partial charge in [-0.25, -0.2) is 0 Å². The van der Waals surface area contributed by atoms with Crippen LogP contribution in [0.1, 0.15) is 32.1 Å². The Morgan fingerprint density at radius 1 is 1.36 bits per heavy atom. The Kier molecular flexibility index (Phi) is 2.77. The molecule has 0 bridgehead atoms. The number of carboxylic acids is 1. The summed E-state index contributed by atoms with van der Waals surface area (Å²) in [5, 5.41) is 8.90. The van der Waals surface area contributed by atoms with Gasteiger partial charge in [-0.1, -0.05) is 19.3 Å². The summed E-state index contributed by atoms with van der Waals surface area (Å²) >= 11 is 5.65. The fourth-order valence-corrected chi connectivity index (χ4v) is 2.01. The van der Waals surface area contributed by atoms with Crippen molar-refractivity contribution in [1.29, 1.82) is 0 Å². The lowest BCUT2D eigenvalue weighted by Crippen LogP contribution is -2.34. The number of hydrogen-bond acceptors (Lipinski definition) is 1. The first-order chi connectivity index (χ1) is 5.21. The van der Waals surface area contributed by atoms with E-state index in [9.17, 15) is 4.79 Å². The molecule has 0 spiro atoms. The maximum atomic E-state index is 10.8. The van der Waals surface area contributed by atoms with Crippen LogP contribution in [0.25, 0.3) is 0 Å². The Bertz CT molecular complexity index is 150. The molecule has 1 rings (SSSR count). The SMILES string of the molecule is O=C(O)C1(CCl)CCCCC1. The Balaban J connectivity index is 2.64. The van der Waals surface area contributed by atoms with Crippen LogP contribution in [0.4, 0.5) is 0 Å². The maximum Gasteiger partial charge on any atom is 0.310 e. The molecular formula is C8H13ClO2. The lowest BCUT2D eigenvalue weighted by molar-refractivity contribution is -0.149. The minimum Gasteiger partial charge on any atom is -0.481 e. The number of halogens is 1. The molecule has 0 aromatic carbocycles. The normalized spacial score (nSPS) is 23.0. The van der Waals surface area contributed by atoms with Gasteiger partial charge >= 0.3 is 5.97 Å².